The monoisotopic (exact) mass is 391 g/mol. The van der Waals surface area contributed by atoms with Crippen LogP contribution in [-0.2, 0) is 23.8 Å². The summed E-state index contributed by atoms with van der Waals surface area (Å²) < 4.78 is 33.5. The van der Waals surface area contributed by atoms with Crippen LogP contribution in [0.15, 0.2) is 17.1 Å². The van der Waals surface area contributed by atoms with Gasteiger partial charge >= 0.3 is 11.7 Å². The first-order valence-electron chi connectivity index (χ1n) is 7.16. The first-order chi connectivity index (χ1) is 12.0. The third-order valence-corrected chi connectivity index (χ3v) is 4.04. The maximum atomic E-state index is 12.1. The smallest absolute Gasteiger partial charge is 0.351 e. The Morgan fingerprint density at radius 1 is 1.54 bits per heavy atom. The van der Waals surface area contributed by atoms with E-state index in [1.165, 1.54) is 0 Å². The standard InChI is InChI=1S/C13H17N3O9S/c1-26(22,23)25-10-7(5-17)24-12(9(10)20)16-4-6(2-3-8(18)19)11(14)15-13(16)21/h2-4,7,9-10,12,17,20H,5H2,1H3,(H,18,19)(H2,14,15,21)/t7-,9-,10+,12-/m1/s1. The molecule has 0 spiro atoms. The number of ether oxygens (including phenoxy) is 1. The van der Waals surface area contributed by atoms with Gasteiger partial charge in [0.25, 0.3) is 10.1 Å². The second-order valence-electron chi connectivity index (χ2n) is 5.45. The second kappa shape index (κ2) is 7.51. The summed E-state index contributed by atoms with van der Waals surface area (Å²) in [5.74, 6) is -1.51. The average Bonchev–Trinajstić information content (AvgIpc) is 2.81. The van der Waals surface area contributed by atoms with E-state index in [-0.39, 0.29) is 11.4 Å². The number of nitrogen functional groups attached to an aromatic ring is 1. The number of aliphatic hydroxyl groups excluding tert-OH is 2. The summed E-state index contributed by atoms with van der Waals surface area (Å²) in [5.41, 5.74) is 4.68. The molecule has 0 amide bonds. The Kier molecular flexibility index (Phi) is 5.77. The van der Waals surface area contributed by atoms with E-state index in [0.717, 1.165) is 29.2 Å². The third-order valence-electron chi connectivity index (χ3n) is 3.47. The minimum Gasteiger partial charge on any atom is -0.478 e. The van der Waals surface area contributed by atoms with Crippen molar-refractivity contribution >= 4 is 28.0 Å². The molecule has 0 saturated carbocycles. The summed E-state index contributed by atoms with van der Waals surface area (Å²) in [6.45, 7) is -0.684. The molecule has 0 aromatic carbocycles. The van der Waals surface area contributed by atoms with E-state index in [1.807, 2.05) is 0 Å². The van der Waals surface area contributed by atoms with Crippen molar-refractivity contribution < 1.29 is 37.5 Å². The lowest BCUT2D eigenvalue weighted by molar-refractivity contribution is -0.131. The fraction of sp³-hybridized carbons (Fsp3) is 0.462. The lowest BCUT2D eigenvalue weighted by Crippen LogP contribution is -2.39. The molecule has 0 bridgehead atoms. The SMILES string of the molecule is CS(=O)(=O)O[C@@H]1[C@@H](O)[C@H](n2cc(C=CC(=O)O)c(N)nc2=O)O[C@@H]1CO. The number of aromatic nitrogens is 2. The topological polar surface area (TPSA) is 191 Å². The Hall–Kier alpha value is -2.32. The van der Waals surface area contributed by atoms with Gasteiger partial charge in [-0.3, -0.25) is 8.75 Å². The molecule has 2 rings (SSSR count). The number of nitrogens with zero attached hydrogens (tertiary/aromatic N) is 2. The van der Waals surface area contributed by atoms with E-state index in [0.29, 0.717) is 0 Å². The van der Waals surface area contributed by atoms with Crippen molar-refractivity contribution in [3.8, 4) is 0 Å². The first-order valence-corrected chi connectivity index (χ1v) is 8.97. The third kappa shape index (κ3) is 4.44. The highest BCUT2D eigenvalue weighted by molar-refractivity contribution is 7.86. The summed E-state index contributed by atoms with van der Waals surface area (Å²) in [7, 11) is -3.98. The number of hydrogen-bond donors (Lipinski definition) is 4. The van der Waals surface area contributed by atoms with Gasteiger partial charge in [-0.1, -0.05) is 0 Å². The molecule has 1 aromatic heterocycles. The zero-order valence-corrected chi connectivity index (χ0v) is 14.2. The number of aliphatic carboxylic acids is 1. The fourth-order valence-corrected chi connectivity index (χ4v) is 3.03. The molecule has 144 valence electrons. The van der Waals surface area contributed by atoms with Crippen LogP contribution in [0.4, 0.5) is 5.82 Å². The molecule has 1 fully saturated rings. The minimum atomic E-state index is -3.98. The highest BCUT2D eigenvalue weighted by Gasteiger charge is 2.47. The van der Waals surface area contributed by atoms with Crippen LogP contribution in [0.1, 0.15) is 11.8 Å². The highest BCUT2D eigenvalue weighted by Crippen LogP contribution is 2.31. The van der Waals surface area contributed by atoms with Crippen LogP contribution in [0, 0.1) is 0 Å². The van der Waals surface area contributed by atoms with Gasteiger partial charge in [0.15, 0.2) is 6.23 Å². The van der Waals surface area contributed by atoms with Crippen molar-refractivity contribution in [2.75, 3.05) is 18.6 Å². The Labute approximate surface area is 147 Å². The van der Waals surface area contributed by atoms with Gasteiger partial charge in [0, 0.05) is 17.8 Å². The van der Waals surface area contributed by atoms with Gasteiger partial charge in [-0.15, -0.1) is 0 Å². The number of rotatable bonds is 6. The second-order valence-corrected chi connectivity index (χ2v) is 7.05. The normalized spacial score (nSPS) is 26.4. The zero-order valence-electron chi connectivity index (χ0n) is 13.4. The van der Waals surface area contributed by atoms with Crippen LogP contribution >= 0.6 is 0 Å². The molecule has 1 saturated heterocycles. The lowest BCUT2D eigenvalue weighted by Gasteiger charge is -2.19. The maximum Gasteiger partial charge on any atom is 0.351 e. The van der Waals surface area contributed by atoms with Gasteiger partial charge in [-0.05, 0) is 6.08 Å². The molecule has 0 aliphatic carbocycles. The molecule has 0 unspecified atom stereocenters. The quantitative estimate of drug-likeness (QED) is 0.296. The van der Waals surface area contributed by atoms with E-state index in [2.05, 4.69) is 4.98 Å². The van der Waals surface area contributed by atoms with Crippen molar-refractivity contribution in [3.05, 3.63) is 28.3 Å². The molecule has 2 heterocycles. The number of anilines is 1. The van der Waals surface area contributed by atoms with Gasteiger partial charge in [-0.2, -0.15) is 13.4 Å². The van der Waals surface area contributed by atoms with Gasteiger partial charge < -0.3 is 25.8 Å². The number of nitrogens with two attached hydrogens (primary N) is 1. The van der Waals surface area contributed by atoms with E-state index in [4.69, 9.17) is 19.8 Å². The summed E-state index contributed by atoms with van der Waals surface area (Å²) in [6, 6.07) is 0. The Morgan fingerprint density at radius 3 is 2.73 bits per heavy atom. The summed E-state index contributed by atoms with van der Waals surface area (Å²) >= 11 is 0. The Bertz CT molecular complexity index is 879. The fourth-order valence-electron chi connectivity index (χ4n) is 2.39. The van der Waals surface area contributed by atoms with E-state index in [9.17, 15) is 28.2 Å². The molecule has 26 heavy (non-hydrogen) atoms. The largest absolute Gasteiger partial charge is 0.478 e. The summed E-state index contributed by atoms with van der Waals surface area (Å²) in [5, 5.41) is 28.3. The van der Waals surface area contributed by atoms with E-state index < -0.39 is 52.9 Å². The number of hydrogen-bond acceptors (Lipinski definition) is 10. The molecule has 4 atom stereocenters. The highest BCUT2D eigenvalue weighted by atomic mass is 32.2. The molecule has 5 N–H and O–H groups in total. The molecule has 1 aliphatic heterocycles. The Balaban J connectivity index is 2.43. The summed E-state index contributed by atoms with van der Waals surface area (Å²) in [6.07, 6.45) is -2.06. The van der Waals surface area contributed by atoms with E-state index >= 15 is 0 Å². The van der Waals surface area contributed by atoms with Gasteiger partial charge in [0.1, 0.15) is 24.1 Å². The van der Waals surface area contributed by atoms with Crippen LogP contribution in [0.3, 0.4) is 0 Å². The van der Waals surface area contributed by atoms with Crippen molar-refractivity contribution in [1.29, 1.82) is 0 Å². The van der Waals surface area contributed by atoms with Crippen LogP contribution in [-0.4, -0.2) is 70.4 Å². The number of carboxylic acid groups (broad SMARTS) is 1. The molecule has 1 aromatic rings. The molecular weight excluding hydrogens is 374 g/mol. The minimum absolute atomic E-state index is 0.0517. The lowest BCUT2D eigenvalue weighted by atomic mass is 10.1. The maximum absolute atomic E-state index is 12.1. The van der Waals surface area contributed by atoms with Gasteiger partial charge in [0.05, 0.1) is 12.9 Å². The first kappa shape index (κ1) is 20.0. The Morgan fingerprint density at radius 2 is 2.19 bits per heavy atom. The van der Waals surface area contributed by atoms with Crippen LogP contribution in [0.2, 0.25) is 0 Å². The molecule has 1 aliphatic rings. The zero-order chi connectivity index (χ0) is 19.6. The van der Waals surface area contributed by atoms with Crippen LogP contribution in [0.25, 0.3) is 6.08 Å². The summed E-state index contributed by atoms with van der Waals surface area (Å²) in [4.78, 5) is 26.2. The van der Waals surface area contributed by atoms with Crippen molar-refractivity contribution in [2.45, 2.75) is 24.5 Å². The average molecular weight is 391 g/mol. The number of carbonyl (C=O) groups is 1. The molecular formula is C13H17N3O9S. The predicted molar refractivity (Wildman–Crippen MR) is 86.3 cm³/mol. The van der Waals surface area contributed by atoms with Gasteiger partial charge in [-0.25, -0.2) is 9.59 Å². The van der Waals surface area contributed by atoms with Crippen molar-refractivity contribution in [2.24, 2.45) is 0 Å². The van der Waals surface area contributed by atoms with Gasteiger partial charge in [0.2, 0.25) is 0 Å². The van der Waals surface area contributed by atoms with Crippen LogP contribution in [0.5, 0.6) is 0 Å². The predicted octanol–water partition coefficient (Wildman–Crippen LogP) is -2.48. The van der Waals surface area contributed by atoms with Crippen molar-refractivity contribution in [1.82, 2.24) is 9.55 Å². The van der Waals surface area contributed by atoms with Crippen LogP contribution < -0.4 is 11.4 Å². The molecule has 0 radical (unpaired) electrons. The number of aliphatic hydroxyl groups is 2. The number of carboxylic acids is 1. The van der Waals surface area contributed by atoms with Crippen molar-refractivity contribution in [3.63, 3.8) is 0 Å². The molecule has 12 nitrogen and oxygen atoms in total. The van der Waals surface area contributed by atoms with E-state index in [1.54, 1.807) is 0 Å². The molecule has 13 heteroatoms.